The van der Waals surface area contributed by atoms with E-state index in [4.69, 9.17) is 23.4 Å². The number of thioether (sulfide) groups is 2. The number of phenolic OH excluding ortho intramolecular Hbond substituents is 1. The van der Waals surface area contributed by atoms with Crippen molar-refractivity contribution in [3.05, 3.63) is 88.9 Å². The first-order valence-corrected chi connectivity index (χ1v) is 19.0. The zero-order valence-corrected chi connectivity index (χ0v) is 30.8. The molecule has 0 unspecified atom stereocenters. The summed E-state index contributed by atoms with van der Waals surface area (Å²) in [7, 11) is 0. The van der Waals surface area contributed by atoms with Crippen LogP contribution in [0.2, 0.25) is 0 Å². The van der Waals surface area contributed by atoms with Crippen LogP contribution < -0.4 is 5.32 Å². The summed E-state index contributed by atoms with van der Waals surface area (Å²) in [6.07, 6.45) is 4.44. The van der Waals surface area contributed by atoms with E-state index in [2.05, 4.69) is 33.3 Å². The lowest BCUT2D eigenvalue weighted by Gasteiger charge is -2.23. The molecule has 0 saturated carbocycles. The van der Waals surface area contributed by atoms with Crippen molar-refractivity contribution in [1.82, 2.24) is 15.0 Å². The van der Waals surface area contributed by atoms with Gasteiger partial charge in [0, 0.05) is 33.3 Å². The molecule has 51 heavy (non-hydrogen) atoms. The summed E-state index contributed by atoms with van der Waals surface area (Å²) in [6, 6.07) is 15.0. The van der Waals surface area contributed by atoms with Crippen molar-refractivity contribution in [2.45, 2.75) is 62.9 Å². The minimum atomic E-state index is -0.439. The van der Waals surface area contributed by atoms with Crippen LogP contribution in [0, 0.1) is 13.8 Å². The van der Waals surface area contributed by atoms with E-state index in [1.165, 1.54) is 11.8 Å². The Labute approximate surface area is 305 Å². The third-order valence-electron chi connectivity index (χ3n) is 7.91. The highest BCUT2D eigenvalue weighted by Gasteiger charge is 2.23. The van der Waals surface area contributed by atoms with E-state index in [1.807, 2.05) is 45.0 Å². The van der Waals surface area contributed by atoms with Crippen molar-refractivity contribution < 1.29 is 33.3 Å². The molecule has 0 atom stereocenters. The molecule has 0 aliphatic carbocycles. The average Bonchev–Trinajstić information content (AvgIpc) is 3.57. The fraction of sp³-hybridized carbons (Fsp3) is 0.368. The van der Waals surface area contributed by atoms with E-state index < -0.39 is 6.29 Å². The second kappa shape index (κ2) is 17.5. The van der Waals surface area contributed by atoms with Crippen molar-refractivity contribution in [2.75, 3.05) is 43.3 Å². The number of aromatic hydroxyl groups is 1. The van der Waals surface area contributed by atoms with E-state index in [1.54, 1.807) is 42.4 Å². The Morgan fingerprint density at radius 3 is 2.06 bits per heavy atom. The van der Waals surface area contributed by atoms with Crippen LogP contribution in [0.25, 0.3) is 22.7 Å². The minimum absolute atomic E-state index is 0.0225. The fourth-order valence-corrected chi connectivity index (χ4v) is 7.09. The number of carbonyl (C=O) groups excluding carboxylic acids is 1. The highest BCUT2D eigenvalue weighted by atomic mass is 32.2. The smallest absolute Gasteiger partial charge is 0.275 e. The molecule has 2 aliphatic rings. The van der Waals surface area contributed by atoms with Crippen molar-refractivity contribution in [2.24, 2.45) is 0 Å². The van der Waals surface area contributed by atoms with Gasteiger partial charge in [-0.3, -0.25) is 4.79 Å². The van der Waals surface area contributed by atoms with Gasteiger partial charge in [0.2, 0.25) is 5.89 Å². The molecule has 268 valence electrons. The molecule has 0 spiro atoms. The molecule has 2 aromatic carbocycles. The number of phenols is 1. The number of oxazole rings is 1. The van der Waals surface area contributed by atoms with Crippen LogP contribution in [0.4, 0.5) is 5.69 Å². The number of ether oxygens (including phenoxy) is 4. The Hall–Kier alpha value is -3.98. The maximum Gasteiger partial charge on any atom is 0.275 e. The van der Waals surface area contributed by atoms with Crippen molar-refractivity contribution in [3.8, 4) is 17.3 Å². The van der Waals surface area contributed by atoms with Crippen molar-refractivity contribution >= 4 is 46.2 Å². The highest BCUT2D eigenvalue weighted by Crippen LogP contribution is 2.35. The number of fused-ring (bicyclic) bond motifs is 1. The molecule has 5 aromatic rings. The van der Waals surface area contributed by atoms with Gasteiger partial charge in [0.15, 0.2) is 18.2 Å². The summed E-state index contributed by atoms with van der Waals surface area (Å²) >= 11 is 3.24. The maximum absolute atomic E-state index is 12.7. The van der Waals surface area contributed by atoms with E-state index in [0.29, 0.717) is 43.7 Å². The van der Waals surface area contributed by atoms with Crippen LogP contribution in [0.15, 0.2) is 75.1 Å². The van der Waals surface area contributed by atoms with Gasteiger partial charge in [-0.2, -0.15) is 0 Å². The van der Waals surface area contributed by atoms with Crippen molar-refractivity contribution in [3.63, 3.8) is 0 Å². The number of hydrogen-bond acceptors (Lipinski definition) is 12. The van der Waals surface area contributed by atoms with Gasteiger partial charge in [0.25, 0.3) is 5.91 Å². The number of hydrogen-bond donors (Lipinski definition) is 2. The molecular weight excluding hydrogens is 689 g/mol. The predicted octanol–water partition coefficient (Wildman–Crippen LogP) is 8.64. The number of aryl methyl sites for hydroxylation is 2. The summed E-state index contributed by atoms with van der Waals surface area (Å²) in [6.45, 7) is 10.8. The number of pyridine rings is 2. The number of rotatable bonds is 9. The van der Waals surface area contributed by atoms with Crippen LogP contribution >= 0.6 is 23.5 Å². The molecule has 5 heterocycles. The average molecular weight is 731 g/mol. The number of aromatic nitrogens is 3. The summed E-state index contributed by atoms with van der Waals surface area (Å²) in [4.78, 5) is 28.1. The van der Waals surface area contributed by atoms with Crippen LogP contribution in [-0.4, -0.2) is 63.9 Å². The van der Waals surface area contributed by atoms with Gasteiger partial charge in [-0.25, -0.2) is 15.0 Å². The van der Waals surface area contributed by atoms with Gasteiger partial charge >= 0.3 is 0 Å². The molecule has 2 aliphatic heterocycles. The normalized spacial score (nSPS) is 15.4. The van der Waals surface area contributed by atoms with Gasteiger partial charge < -0.3 is 33.8 Å². The fourth-order valence-electron chi connectivity index (χ4n) is 5.47. The Balaban J connectivity index is 0.000000176. The van der Waals surface area contributed by atoms with Gasteiger partial charge in [-0.15, -0.1) is 23.5 Å². The molecule has 7 rings (SSSR count). The van der Waals surface area contributed by atoms with Gasteiger partial charge in [0.1, 0.15) is 22.7 Å². The first kappa shape index (κ1) is 36.8. The molecule has 0 radical (unpaired) electrons. The molecule has 3 aromatic heterocycles. The standard InChI is InChI=1S/C19H22N2O4S.C19H20N2O3S/c1-3-26-16-10-13(19-24-7-4-8-25-19)11-20-17(16)18(23)21-14-9-12(2)5-6-15(14)22;1-3-25-16-10-13(19-22-7-4-8-23-19)11-20-17(16)18-21-14-9-12(2)5-6-15(14)24-18/h5-6,9-11,19,22H,3-4,7-8H2,1-2H3,(H,21,23);5-6,9-11,19H,3-4,7-8H2,1-2H3. The molecule has 11 nitrogen and oxygen atoms in total. The third kappa shape index (κ3) is 9.28. The molecule has 2 saturated heterocycles. The summed E-state index contributed by atoms with van der Waals surface area (Å²) in [5.41, 5.74) is 6.92. The van der Waals surface area contributed by atoms with Crippen LogP contribution in [0.1, 0.15) is 72.0 Å². The minimum Gasteiger partial charge on any atom is -0.506 e. The van der Waals surface area contributed by atoms with E-state index in [0.717, 1.165) is 73.2 Å². The Kier molecular flexibility index (Phi) is 12.6. The zero-order chi connectivity index (χ0) is 35.7. The van der Waals surface area contributed by atoms with E-state index in [-0.39, 0.29) is 17.9 Å². The molecule has 0 bridgehead atoms. The third-order valence-corrected chi connectivity index (χ3v) is 9.73. The summed E-state index contributed by atoms with van der Waals surface area (Å²) in [5, 5.41) is 12.7. The number of benzene rings is 2. The first-order chi connectivity index (χ1) is 24.8. The Bertz CT molecular complexity index is 1960. The largest absolute Gasteiger partial charge is 0.506 e. The number of nitrogens with zero attached hydrogens (tertiary/aromatic N) is 3. The predicted molar refractivity (Wildman–Crippen MR) is 198 cm³/mol. The molecule has 13 heteroatoms. The SMILES string of the molecule is CCSc1cc(C2OCCCO2)cnc1-c1nc2cc(C)ccc2o1.CCSc1cc(C2OCCCO2)cnc1C(=O)Nc1cc(C)ccc1O. The number of amides is 1. The van der Waals surface area contributed by atoms with E-state index >= 15 is 0 Å². The topological polar surface area (TPSA) is 138 Å². The molecule has 2 fully saturated rings. The monoisotopic (exact) mass is 730 g/mol. The lowest BCUT2D eigenvalue weighted by Crippen LogP contribution is -2.19. The molecule has 1 amide bonds. The number of nitrogens with one attached hydrogen (secondary N) is 1. The van der Waals surface area contributed by atoms with Gasteiger partial charge in [-0.05, 0) is 85.7 Å². The zero-order valence-electron chi connectivity index (χ0n) is 29.1. The number of anilines is 1. The molecular formula is C38H42N4O7S2. The van der Waals surface area contributed by atoms with Gasteiger partial charge in [-0.1, -0.05) is 26.0 Å². The highest BCUT2D eigenvalue weighted by molar-refractivity contribution is 7.99. The first-order valence-electron chi connectivity index (χ1n) is 17.0. The molecule has 2 N–H and O–H groups in total. The number of carbonyl (C=O) groups is 1. The Morgan fingerprint density at radius 1 is 0.804 bits per heavy atom. The van der Waals surface area contributed by atoms with Crippen LogP contribution in [0.3, 0.4) is 0 Å². The van der Waals surface area contributed by atoms with Gasteiger partial charge in [0.05, 0.1) is 32.1 Å². The summed E-state index contributed by atoms with van der Waals surface area (Å²) < 4.78 is 28.6. The lowest BCUT2D eigenvalue weighted by atomic mass is 10.2. The second-order valence-corrected chi connectivity index (χ2v) is 14.5. The van der Waals surface area contributed by atoms with Crippen molar-refractivity contribution in [1.29, 1.82) is 0 Å². The second-order valence-electron chi connectivity index (χ2n) is 11.9. The maximum atomic E-state index is 12.7. The Morgan fingerprint density at radius 2 is 1.39 bits per heavy atom. The quantitative estimate of drug-likeness (QED) is 0.111. The lowest BCUT2D eigenvalue weighted by molar-refractivity contribution is -0.183. The summed E-state index contributed by atoms with van der Waals surface area (Å²) in [5.74, 6) is 1.94. The van der Waals surface area contributed by atoms with Crippen LogP contribution in [-0.2, 0) is 18.9 Å². The van der Waals surface area contributed by atoms with Crippen LogP contribution in [0.5, 0.6) is 5.75 Å². The van der Waals surface area contributed by atoms with E-state index in [9.17, 15) is 9.90 Å².